The van der Waals surface area contributed by atoms with Crippen molar-refractivity contribution in [1.82, 2.24) is 9.38 Å². The predicted octanol–water partition coefficient (Wildman–Crippen LogP) is 5.22. The number of anilines is 2. The molecule has 35 heavy (non-hydrogen) atoms. The third-order valence-electron chi connectivity index (χ3n) is 6.06. The summed E-state index contributed by atoms with van der Waals surface area (Å²) >= 11 is 3.43. The summed E-state index contributed by atoms with van der Waals surface area (Å²) in [5, 5.41) is 14.0. The minimum atomic E-state index is -3.77. The van der Waals surface area contributed by atoms with Gasteiger partial charge in [-0.05, 0) is 68.7 Å². The van der Waals surface area contributed by atoms with Crippen LogP contribution < -0.4 is 9.62 Å². The number of nitrogens with zero attached hydrogens (tertiary/aromatic N) is 3. The van der Waals surface area contributed by atoms with Crippen molar-refractivity contribution in [3.63, 3.8) is 0 Å². The van der Waals surface area contributed by atoms with Gasteiger partial charge in [0.1, 0.15) is 0 Å². The number of imidazole rings is 1. The van der Waals surface area contributed by atoms with Crippen molar-refractivity contribution in [3.05, 3.63) is 76.7 Å². The zero-order chi connectivity index (χ0) is 25.0. The molecule has 0 amide bonds. The van der Waals surface area contributed by atoms with E-state index in [9.17, 15) is 13.5 Å². The van der Waals surface area contributed by atoms with E-state index in [1.54, 1.807) is 24.4 Å². The Bertz CT molecular complexity index is 1540. The third kappa shape index (κ3) is 4.32. The van der Waals surface area contributed by atoms with Gasteiger partial charge in [-0.2, -0.15) is 0 Å². The van der Waals surface area contributed by atoms with Gasteiger partial charge in [0.25, 0.3) is 10.0 Å². The zero-order valence-corrected chi connectivity index (χ0v) is 22.2. The van der Waals surface area contributed by atoms with Crippen LogP contribution in [-0.4, -0.2) is 35.0 Å². The Labute approximate surface area is 213 Å². The molecule has 0 saturated carbocycles. The normalized spacial score (nSPS) is 15.3. The van der Waals surface area contributed by atoms with Gasteiger partial charge in [0.05, 0.1) is 22.9 Å². The second kappa shape index (κ2) is 8.65. The number of aliphatic hydroxyl groups is 1. The number of aromatic nitrogens is 2. The van der Waals surface area contributed by atoms with E-state index in [0.29, 0.717) is 29.1 Å². The highest BCUT2D eigenvalue weighted by atomic mass is 79.9. The first-order valence-corrected chi connectivity index (χ1v) is 13.6. The van der Waals surface area contributed by atoms with Crippen LogP contribution in [0.25, 0.3) is 16.8 Å². The van der Waals surface area contributed by atoms with Gasteiger partial charge in [-0.3, -0.25) is 4.31 Å². The van der Waals surface area contributed by atoms with Gasteiger partial charge >= 0.3 is 0 Å². The molecule has 0 fully saturated rings. The summed E-state index contributed by atoms with van der Waals surface area (Å²) in [4.78, 5) is 4.78. The van der Waals surface area contributed by atoms with E-state index in [1.165, 1.54) is 4.31 Å². The van der Waals surface area contributed by atoms with Crippen LogP contribution in [0.3, 0.4) is 0 Å². The van der Waals surface area contributed by atoms with E-state index in [2.05, 4.69) is 47.0 Å². The van der Waals surface area contributed by atoms with Crippen LogP contribution in [-0.2, 0) is 23.1 Å². The van der Waals surface area contributed by atoms with Crippen LogP contribution in [0.5, 0.6) is 0 Å². The predicted molar refractivity (Wildman–Crippen MR) is 142 cm³/mol. The van der Waals surface area contributed by atoms with Gasteiger partial charge in [0.15, 0.2) is 5.65 Å². The number of hydrogen-bond acceptors (Lipinski definition) is 5. The van der Waals surface area contributed by atoms with E-state index >= 15 is 0 Å². The summed E-state index contributed by atoms with van der Waals surface area (Å²) in [5.41, 5.74) is 4.96. The largest absolute Gasteiger partial charge is 0.392 e. The Kier molecular flexibility index (Phi) is 5.89. The van der Waals surface area contributed by atoms with Crippen molar-refractivity contribution in [2.75, 3.05) is 16.2 Å². The number of benzene rings is 2. The molecular weight excluding hydrogens is 528 g/mol. The van der Waals surface area contributed by atoms with Crippen LogP contribution in [0.4, 0.5) is 11.4 Å². The molecule has 2 aromatic heterocycles. The molecule has 9 heteroatoms. The fourth-order valence-corrected chi connectivity index (χ4v) is 6.77. The molecule has 0 bridgehead atoms. The lowest BCUT2D eigenvalue weighted by atomic mass is 9.98. The molecule has 4 aromatic rings. The average Bonchev–Trinajstić information content (AvgIpc) is 3.26. The van der Waals surface area contributed by atoms with Crippen molar-refractivity contribution in [3.8, 4) is 11.1 Å². The molecule has 7 nitrogen and oxygen atoms in total. The second-order valence-corrected chi connectivity index (χ2v) is 12.5. The van der Waals surface area contributed by atoms with Crippen LogP contribution in [0.15, 0.2) is 70.4 Å². The number of halogens is 1. The summed E-state index contributed by atoms with van der Waals surface area (Å²) in [5.74, 6) is 0. The number of sulfonamides is 1. The fourth-order valence-electron chi connectivity index (χ4n) is 4.63. The highest BCUT2D eigenvalue weighted by molar-refractivity contribution is 9.10. The molecule has 182 valence electrons. The summed E-state index contributed by atoms with van der Waals surface area (Å²) < 4.78 is 31.4. The first-order valence-electron chi connectivity index (χ1n) is 11.4. The Morgan fingerprint density at radius 2 is 1.97 bits per heavy atom. The third-order valence-corrected chi connectivity index (χ3v) is 8.47. The van der Waals surface area contributed by atoms with Gasteiger partial charge < -0.3 is 14.8 Å². The van der Waals surface area contributed by atoms with E-state index in [-0.39, 0.29) is 12.1 Å². The first kappa shape index (κ1) is 23.8. The van der Waals surface area contributed by atoms with Crippen molar-refractivity contribution in [2.45, 2.75) is 44.2 Å². The Morgan fingerprint density at radius 3 is 2.71 bits per heavy atom. The molecule has 1 aliphatic rings. The lowest BCUT2D eigenvalue weighted by molar-refractivity contribution is 0.283. The smallest absolute Gasteiger partial charge is 0.264 e. The molecule has 0 radical (unpaired) electrons. The van der Waals surface area contributed by atoms with Gasteiger partial charge in [0, 0.05) is 46.3 Å². The average molecular weight is 555 g/mol. The van der Waals surface area contributed by atoms with Gasteiger partial charge in [-0.25, -0.2) is 13.4 Å². The topological polar surface area (TPSA) is 86.9 Å². The quantitative estimate of drug-likeness (QED) is 0.361. The van der Waals surface area contributed by atoms with Crippen molar-refractivity contribution in [2.24, 2.45) is 0 Å². The van der Waals surface area contributed by atoms with Crippen LogP contribution in [0, 0.1) is 0 Å². The Morgan fingerprint density at radius 1 is 1.17 bits per heavy atom. The van der Waals surface area contributed by atoms with Crippen molar-refractivity contribution in [1.29, 1.82) is 0 Å². The number of fused-ring (bicyclic) bond motifs is 2. The van der Waals surface area contributed by atoms with Gasteiger partial charge in [0.2, 0.25) is 0 Å². The molecule has 3 heterocycles. The summed E-state index contributed by atoms with van der Waals surface area (Å²) in [6.45, 7) is 6.25. The van der Waals surface area contributed by atoms with Crippen molar-refractivity contribution >= 4 is 43.0 Å². The molecule has 0 atom stereocenters. The minimum Gasteiger partial charge on any atom is -0.392 e. The van der Waals surface area contributed by atoms with Gasteiger partial charge in [-0.1, -0.05) is 28.1 Å². The monoisotopic (exact) mass is 554 g/mol. The standard InChI is InChI=1S/C26H27BrN4O3S/c1-26(2,3)29-22-14-18(15-30-12-10-28-25(22)30)20-5-4-6-23(21(20)16-32)31-11-9-17-13-19(27)7-8-24(17)35(31,33)34/h4-8,10,12-15,29,32H,9,11,16H2,1-3H3. The Balaban J connectivity index is 1.65. The summed E-state index contributed by atoms with van der Waals surface area (Å²) in [7, 11) is -3.77. The number of nitrogens with one attached hydrogen (secondary N) is 1. The maximum Gasteiger partial charge on any atom is 0.264 e. The van der Waals surface area contributed by atoms with E-state index in [4.69, 9.17) is 0 Å². The zero-order valence-electron chi connectivity index (χ0n) is 19.8. The number of aliphatic hydroxyl groups excluding tert-OH is 1. The SMILES string of the molecule is CC(C)(C)Nc1cc(-c2cccc(N3CCc4cc(Br)ccc4S3(=O)=O)c2CO)cn2ccnc12. The lowest BCUT2D eigenvalue weighted by Gasteiger charge is -2.32. The van der Waals surface area contributed by atoms with Gasteiger partial charge in [-0.15, -0.1) is 0 Å². The van der Waals surface area contributed by atoms with E-state index in [0.717, 1.165) is 32.5 Å². The van der Waals surface area contributed by atoms with E-state index in [1.807, 2.05) is 41.1 Å². The molecular formula is C26H27BrN4O3S. The molecule has 0 aliphatic carbocycles. The molecule has 5 rings (SSSR count). The molecule has 0 unspecified atom stereocenters. The first-order chi connectivity index (χ1) is 16.6. The van der Waals surface area contributed by atoms with Crippen LogP contribution in [0.2, 0.25) is 0 Å². The molecule has 0 saturated heterocycles. The fraction of sp³-hybridized carbons (Fsp3) is 0.269. The molecule has 2 aromatic carbocycles. The van der Waals surface area contributed by atoms with Crippen LogP contribution in [0.1, 0.15) is 31.9 Å². The Hall–Kier alpha value is -2.88. The van der Waals surface area contributed by atoms with Crippen LogP contribution >= 0.6 is 15.9 Å². The highest BCUT2D eigenvalue weighted by Gasteiger charge is 2.33. The molecule has 2 N–H and O–H groups in total. The van der Waals surface area contributed by atoms with E-state index < -0.39 is 10.0 Å². The number of pyridine rings is 1. The second-order valence-electron chi connectivity index (χ2n) is 9.72. The lowest BCUT2D eigenvalue weighted by Crippen LogP contribution is -2.38. The van der Waals surface area contributed by atoms with Crippen molar-refractivity contribution < 1.29 is 13.5 Å². The number of rotatable bonds is 4. The highest BCUT2D eigenvalue weighted by Crippen LogP contribution is 2.38. The maximum absolute atomic E-state index is 13.6. The molecule has 1 aliphatic heterocycles. The summed E-state index contributed by atoms with van der Waals surface area (Å²) in [6.07, 6.45) is 6.15. The molecule has 0 spiro atoms. The maximum atomic E-state index is 13.6. The summed E-state index contributed by atoms with van der Waals surface area (Å²) in [6, 6.07) is 12.8. The minimum absolute atomic E-state index is 0.184. The number of hydrogen-bond donors (Lipinski definition) is 2.